The number of methoxy groups -OCH3 is 1. The first-order valence-corrected chi connectivity index (χ1v) is 7.47. The summed E-state index contributed by atoms with van der Waals surface area (Å²) in [5, 5.41) is 9.89. The minimum atomic E-state index is -0.397. The number of rotatable bonds is 6. The SMILES string of the molecule is COC(=O)[C@@H](C)C(c1ccc(O)c(COC(C)=O)c1)C1CC1. The Hall–Kier alpha value is -2.04. The van der Waals surface area contributed by atoms with Crippen molar-refractivity contribution >= 4 is 11.9 Å². The topological polar surface area (TPSA) is 72.8 Å². The van der Waals surface area contributed by atoms with Crippen LogP contribution in [0.1, 0.15) is 43.7 Å². The van der Waals surface area contributed by atoms with Gasteiger partial charge in [-0.05, 0) is 42.4 Å². The predicted octanol–water partition coefficient (Wildman–Crippen LogP) is 2.76. The van der Waals surface area contributed by atoms with Crippen LogP contribution in [-0.2, 0) is 25.7 Å². The number of phenolic OH excluding ortho intramolecular Hbond substituents is 1. The number of esters is 2. The molecule has 1 aromatic rings. The minimum Gasteiger partial charge on any atom is -0.508 e. The lowest BCUT2D eigenvalue weighted by molar-refractivity contribution is -0.146. The summed E-state index contributed by atoms with van der Waals surface area (Å²) in [6.07, 6.45) is 2.18. The molecule has 1 saturated carbocycles. The fourth-order valence-corrected chi connectivity index (χ4v) is 2.86. The number of carbonyl (C=O) groups excluding carboxylic acids is 2. The first kappa shape index (κ1) is 16.3. The number of carbonyl (C=O) groups is 2. The highest BCUT2D eigenvalue weighted by Crippen LogP contribution is 2.47. The van der Waals surface area contributed by atoms with Gasteiger partial charge in [-0.2, -0.15) is 0 Å². The van der Waals surface area contributed by atoms with Crippen molar-refractivity contribution in [2.45, 2.75) is 39.2 Å². The molecule has 1 aromatic carbocycles. The molecule has 1 fully saturated rings. The van der Waals surface area contributed by atoms with Gasteiger partial charge in [0.25, 0.3) is 0 Å². The summed E-state index contributed by atoms with van der Waals surface area (Å²) in [6, 6.07) is 5.24. The Morgan fingerprint density at radius 3 is 2.59 bits per heavy atom. The van der Waals surface area contributed by atoms with Gasteiger partial charge in [0.1, 0.15) is 12.4 Å². The zero-order chi connectivity index (χ0) is 16.3. The maximum absolute atomic E-state index is 11.9. The summed E-state index contributed by atoms with van der Waals surface area (Å²) in [6.45, 7) is 3.22. The molecule has 2 atom stereocenters. The highest BCUT2D eigenvalue weighted by atomic mass is 16.5. The Kier molecular flexibility index (Phi) is 5.06. The van der Waals surface area contributed by atoms with Crippen LogP contribution in [0.25, 0.3) is 0 Å². The Morgan fingerprint density at radius 1 is 1.36 bits per heavy atom. The fraction of sp³-hybridized carbons (Fsp3) is 0.529. The van der Waals surface area contributed by atoms with Crippen molar-refractivity contribution < 1.29 is 24.2 Å². The van der Waals surface area contributed by atoms with Crippen molar-refractivity contribution in [1.82, 2.24) is 0 Å². The largest absolute Gasteiger partial charge is 0.508 e. The Balaban J connectivity index is 2.26. The molecule has 0 saturated heterocycles. The van der Waals surface area contributed by atoms with Gasteiger partial charge in [-0.1, -0.05) is 13.0 Å². The number of aromatic hydroxyl groups is 1. The van der Waals surface area contributed by atoms with Gasteiger partial charge in [0.2, 0.25) is 0 Å². The molecule has 0 heterocycles. The van der Waals surface area contributed by atoms with Crippen molar-refractivity contribution in [3.8, 4) is 5.75 Å². The lowest BCUT2D eigenvalue weighted by Crippen LogP contribution is -2.22. The molecular formula is C17H22O5. The number of benzene rings is 1. The first-order valence-electron chi connectivity index (χ1n) is 7.47. The van der Waals surface area contributed by atoms with Crippen LogP contribution in [0.2, 0.25) is 0 Å². The van der Waals surface area contributed by atoms with E-state index in [9.17, 15) is 14.7 Å². The van der Waals surface area contributed by atoms with Gasteiger partial charge in [0, 0.05) is 12.5 Å². The molecule has 2 rings (SSSR count). The lowest BCUT2D eigenvalue weighted by atomic mass is 9.82. The average Bonchev–Trinajstić information content (AvgIpc) is 3.31. The molecule has 0 spiro atoms. The van der Waals surface area contributed by atoms with Gasteiger partial charge in [-0.15, -0.1) is 0 Å². The highest BCUT2D eigenvalue weighted by molar-refractivity contribution is 5.73. The fourth-order valence-electron chi connectivity index (χ4n) is 2.86. The molecule has 0 aliphatic heterocycles. The second-order valence-electron chi connectivity index (χ2n) is 5.84. The van der Waals surface area contributed by atoms with Gasteiger partial charge in [0.15, 0.2) is 0 Å². The monoisotopic (exact) mass is 306 g/mol. The predicted molar refractivity (Wildman–Crippen MR) is 80.2 cm³/mol. The van der Waals surface area contributed by atoms with E-state index < -0.39 is 5.97 Å². The molecule has 0 aromatic heterocycles. The summed E-state index contributed by atoms with van der Waals surface area (Å²) in [5.74, 6) is -0.267. The first-order chi connectivity index (χ1) is 10.4. The van der Waals surface area contributed by atoms with Crippen molar-refractivity contribution in [2.75, 3.05) is 7.11 Å². The summed E-state index contributed by atoms with van der Waals surface area (Å²) < 4.78 is 9.83. The molecule has 1 aliphatic carbocycles. The van der Waals surface area contributed by atoms with Crippen LogP contribution in [0.3, 0.4) is 0 Å². The number of phenols is 1. The second kappa shape index (κ2) is 6.81. The maximum Gasteiger partial charge on any atom is 0.309 e. The number of ether oxygens (including phenoxy) is 2. The molecule has 5 heteroatoms. The standard InChI is InChI=1S/C17H22O5/c1-10(17(20)21-3)16(12-4-5-12)13-6-7-15(19)14(8-13)9-22-11(2)18/h6-8,10,12,16,19H,4-5,9H2,1-3H3/t10-,16?/m0/s1. The second-order valence-corrected chi connectivity index (χ2v) is 5.84. The van der Waals surface area contributed by atoms with Crippen LogP contribution in [0.5, 0.6) is 5.75 Å². The van der Waals surface area contributed by atoms with Gasteiger partial charge in [-0.25, -0.2) is 0 Å². The molecule has 120 valence electrons. The molecule has 1 aliphatic rings. The molecule has 5 nitrogen and oxygen atoms in total. The third-order valence-corrected chi connectivity index (χ3v) is 4.16. The van der Waals surface area contributed by atoms with Gasteiger partial charge in [0.05, 0.1) is 13.0 Å². The van der Waals surface area contributed by atoms with E-state index >= 15 is 0 Å². The number of hydrogen-bond acceptors (Lipinski definition) is 5. The van der Waals surface area contributed by atoms with E-state index in [1.807, 2.05) is 19.1 Å². The molecule has 1 unspecified atom stereocenters. The molecule has 0 radical (unpaired) electrons. The van der Waals surface area contributed by atoms with E-state index in [0.29, 0.717) is 11.5 Å². The van der Waals surface area contributed by atoms with Crippen LogP contribution in [-0.4, -0.2) is 24.2 Å². The number of hydrogen-bond donors (Lipinski definition) is 1. The van der Waals surface area contributed by atoms with Crippen molar-refractivity contribution in [3.63, 3.8) is 0 Å². The third kappa shape index (κ3) is 3.78. The zero-order valence-corrected chi connectivity index (χ0v) is 13.2. The zero-order valence-electron chi connectivity index (χ0n) is 13.2. The lowest BCUT2D eigenvalue weighted by Gasteiger charge is -2.23. The van der Waals surface area contributed by atoms with E-state index in [4.69, 9.17) is 9.47 Å². The quantitative estimate of drug-likeness (QED) is 0.818. The molecule has 22 heavy (non-hydrogen) atoms. The van der Waals surface area contributed by atoms with Crippen LogP contribution in [0.4, 0.5) is 0 Å². The molecule has 1 N–H and O–H groups in total. The van der Waals surface area contributed by atoms with E-state index in [0.717, 1.165) is 18.4 Å². The van der Waals surface area contributed by atoms with E-state index in [1.54, 1.807) is 6.07 Å². The third-order valence-electron chi connectivity index (χ3n) is 4.16. The highest BCUT2D eigenvalue weighted by Gasteiger charge is 2.39. The smallest absolute Gasteiger partial charge is 0.309 e. The molecule has 0 bridgehead atoms. The molecule has 0 amide bonds. The van der Waals surface area contributed by atoms with Gasteiger partial charge < -0.3 is 14.6 Å². The van der Waals surface area contributed by atoms with Crippen LogP contribution < -0.4 is 0 Å². The normalized spacial score (nSPS) is 16.7. The Morgan fingerprint density at radius 2 is 2.05 bits per heavy atom. The summed E-state index contributed by atoms with van der Waals surface area (Å²) in [7, 11) is 1.39. The summed E-state index contributed by atoms with van der Waals surface area (Å²) in [4.78, 5) is 22.8. The van der Waals surface area contributed by atoms with Crippen LogP contribution >= 0.6 is 0 Å². The van der Waals surface area contributed by atoms with Crippen molar-refractivity contribution in [1.29, 1.82) is 0 Å². The Bertz CT molecular complexity index is 562. The van der Waals surface area contributed by atoms with Gasteiger partial charge >= 0.3 is 11.9 Å². The average molecular weight is 306 g/mol. The summed E-state index contributed by atoms with van der Waals surface area (Å²) >= 11 is 0. The Labute approximate surface area is 130 Å². The van der Waals surface area contributed by atoms with Gasteiger partial charge in [-0.3, -0.25) is 9.59 Å². The van der Waals surface area contributed by atoms with Crippen molar-refractivity contribution in [2.24, 2.45) is 11.8 Å². The van der Waals surface area contributed by atoms with E-state index in [2.05, 4.69) is 0 Å². The van der Waals surface area contributed by atoms with Crippen LogP contribution in [0.15, 0.2) is 18.2 Å². The minimum absolute atomic E-state index is 0.0268. The van der Waals surface area contributed by atoms with E-state index in [-0.39, 0.29) is 30.2 Å². The van der Waals surface area contributed by atoms with E-state index in [1.165, 1.54) is 14.0 Å². The maximum atomic E-state index is 11.9. The molecular weight excluding hydrogens is 284 g/mol. The summed E-state index contributed by atoms with van der Waals surface area (Å²) in [5.41, 5.74) is 1.52. The van der Waals surface area contributed by atoms with Crippen LogP contribution in [0, 0.1) is 11.8 Å². The van der Waals surface area contributed by atoms with Crippen molar-refractivity contribution in [3.05, 3.63) is 29.3 Å².